The zero-order valence-corrected chi connectivity index (χ0v) is 12.0. The zero-order valence-electron chi connectivity index (χ0n) is 12.0. The number of nitrogens with zero attached hydrogens (tertiary/aromatic N) is 1. The second kappa shape index (κ2) is 6.78. The van der Waals surface area contributed by atoms with Crippen LogP contribution in [0.3, 0.4) is 0 Å². The number of nitrogens with one attached hydrogen (secondary N) is 1. The van der Waals surface area contributed by atoms with Crippen LogP contribution in [0, 0.1) is 34.6 Å². The normalized spacial score (nSPS) is 18.0. The van der Waals surface area contributed by atoms with Gasteiger partial charge in [0, 0.05) is 19.2 Å². The van der Waals surface area contributed by atoms with E-state index >= 15 is 0 Å². The number of nitro benzene ring substituents is 1. The molecule has 2 rings (SSSR count). The highest BCUT2D eigenvalue weighted by Crippen LogP contribution is 2.26. The molecule has 0 spiro atoms. The van der Waals surface area contributed by atoms with Gasteiger partial charge in [0.2, 0.25) is 5.82 Å². The van der Waals surface area contributed by atoms with E-state index in [0.29, 0.717) is 13.2 Å². The molecular weight excluding hydrogens is 298 g/mol. The van der Waals surface area contributed by atoms with Crippen LogP contribution in [-0.4, -0.2) is 30.6 Å². The molecule has 1 atom stereocenters. The van der Waals surface area contributed by atoms with Gasteiger partial charge in [0.15, 0.2) is 0 Å². The molecule has 0 radical (unpaired) electrons. The van der Waals surface area contributed by atoms with Gasteiger partial charge in [0.1, 0.15) is 11.4 Å². The minimum Gasteiger partial charge on any atom is -0.381 e. The molecule has 1 fully saturated rings. The van der Waals surface area contributed by atoms with E-state index in [0.717, 1.165) is 18.9 Å². The molecule has 0 bridgehead atoms. The zero-order chi connectivity index (χ0) is 16.3. The lowest BCUT2D eigenvalue weighted by molar-refractivity contribution is -0.387. The van der Waals surface area contributed by atoms with Crippen LogP contribution in [0.4, 0.5) is 14.5 Å². The minimum absolute atomic E-state index is 0.0728. The Morgan fingerprint density at radius 3 is 2.82 bits per heavy atom. The molecule has 0 aliphatic carbocycles. The molecule has 1 N–H and O–H groups in total. The molecule has 1 aliphatic rings. The number of nitro groups is 1. The third-order valence-electron chi connectivity index (χ3n) is 3.59. The van der Waals surface area contributed by atoms with E-state index in [1.807, 2.05) is 0 Å². The van der Waals surface area contributed by atoms with Crippen molar-refractivity contribution in [1.82, 2.24) is 5.32 Å². The number of carbonyl (C=O) groups excluding carboxylic acids is 1. The third kappa shape index (κ3) is 3.38. The van der Waals surface area contributed by atoms with E-state index in [1.165, 1.54) is 6.92 Å². The van der Waals surface area contributed by atoms with Crippen molar-refractivity contribution >= 4 is 11.6 Å². The van der Waals surface area contributed by atoms with Crippen LogP contribution in [0.1, 0.15) is 28.8 Å². The molecule has 1 heterocycles. The first-order valence-electron chi connectivity index (χ1n) is 6.90. The van der Waals surface area contributed by atoms with Crippen molar-refractivity contribution in [2.45, 2.75) is 19.8 Å². The van der Waals surface area contributed by atoms with Crippen molar-refractivity contribution in [1.29, 1.82) is 0 Å². The summed E-state index contributed by atoms with van der Waals surface area (Å²) in [5.74, 6) is -3.46. The summed E-state index contributed by atoms with van der Waals surface area (Å²) in [7, 11) is 0. The van der Waals surface area contributed by atoms with Gasteiger partial charge in [-0.05, 0) is 31.2 Å². The quantitative estimate of drug-likeness (QED) is 0.683. The number of ether oxygens (including phenoxy) is 1. The predicted octanol–water partition coefficient (Wildman–Crippen LogP) is 2.34. The first-order chi connectivity index (χ1) is 10.4. The van der Waals surface area contributed by atoms with Crippen molar-refractivity contribution in [3.63, 3.8) is 0 Å². The SMILES string of the molecule is Cc1cc([N+](=O)[O-])c(F)c(C(=O)NC[C@@H]2CCCOC2)c1F. The number of rotatable bonds is 4. The molecule has 0 saturated carbocycles. The smallest absolute Gasteiger partial charge is 0.306 e. The first kappa shape index (κ1) is 16.3. The Labute approximate surface area is 125 Å². The number of hydrogen-bond acceptors (Lipinski definition) is 4. The van der Waals surface area contributed by atoms with Crippen LogP contribution < -0.4 is 5.32 Å². The predicted molar refractivity (Wildman–Crippen MR) is 73.6 cm³/mol. The molecule has 120 valence electrons. The highest BCUT2D eigenvalue weighted by molar-refractivity contribution is 5.95. The van der Waals surface area contributed by atoms with Crippen molar-refractivity contribution in [3.05, 3.63) is 38.9 Å². The highest BCUT2D eigenvalue weighted by Gasteiger charge is 2.28. The monoisotopic (exact) mass is 314 g/mol. The van der Waals surface area contributed by atoms with Gasteiger partial charge in [-0.25, -0.2) is 4.39 Å². The van der Waals surface area contributed by atoms with Crippen molar-refractivity contribution < 1.29 is 23.2 Å². The Morgan fingerprint density at radius 2 is 2.23 bits per heavy atom. The van der Waals surface area contributed by atoms with E-state index < -0.39 is 33.7 Å². The largest absolute Gasteiger partial charge is 0.381 e. The van der Waals surface area contributed by atoms with Crippen molar-refractivity contribution in [2.75, 3.05) is 19.8 Å². The second-order valence-electron chi connectivity index (χ2n) is 5.27. The Morgan fingerprint density at radius 1 is 1.50 bits per heavy atom. The summed E-state index contributed by atoms with van der Waals surface area (Å²) in [5, 5.41) is 13.2. The third-order valence-corrected chi connectivity index (χ3v) is 3.59. The maximum Gasteiger partial charge on any atom is 0.306 e. The van der Waals surface area contributed by atoms with Crippen LogP contribution in [0.25, 0.3) is 0 Å². The molecule has 1 aromatic rings. The van der Waals surface area contributed by atoms with E-state index in [2.05, 4.69) is 5.32 Å². The Kier molecular flexibility index (Phi) is 5.02. The van der Waals surface area contributed by atoms with Crippen LogP contribution in [0.15, 0.2) is 6.07 Å². The lowest BCUT2D eigenvalue weighted by Crippen LogP contribution is -2.34. The van der Waals surface area contributed by atoms with Gasteiger partial charge in [-0.3, -0.25) is 14.9 Å². The molecule has 6 nitrogen and oxygen atoms in total. The average Bonchev–Trinajstić information content (AvgIpc) is 2.49. The molecule has 22 heavy (non-hydrogen) atoms. The fourth-order valence-electron chi connectivity index (χ4n) is 2.38. The Bertz CT molecular complexity index is 601. The summed E-state index contributed by atoms with van der Waals surface area (Å²) in [4.78, 5) is 21.8. The van der Waals surface area contributed by atoms with Gasteiger partial charge < -0.3 is 10.1 Å². The molecule has 8 heteroatoms. The second-order valence-corrected chi connectivity index (χ2v) is 5.27. The molecule has 1 aromatic carbocycles. The van der Waals surface area contributed by atoms with Crippen molar-refractivity contribution in [2.24, 2.45) is 5.92 Å². The average molecular weight is 314 g/mol. The summed E-state index contributed by atoms with van der Waals surface area (Å²) < 4.78 is 33.2. The standard InChI is InChI=1S/C14H16F2N2O4/c1-8-5-10(18(20)21)13(16)11(12(8)15)14(19)17-6-9-3-2-4-22-7-9/h5,9H,2-4,6-7H2,1H3,(H,17,19)/t9-/m0/s1. The summed E-state index contributed by atoms with van der Waals surface area (Å²) in [6.07, 6.45) is 1.71. The van der Waals surface area contributed by atoms with Gasteiger partial charge in [-0.15, -0.1) is 0 Å². The molecule has 1 aliphatic heterocycles. The number of benzene rings is 1. The Balaban J connectivity index is 2.19. The summed E-state index contributed by atoms with van der Waals surface area (Å²) in [6, 6.07) is 0.774. The van der Waals surface area contributed by atoms with Gasteiger partial charge in [0.05, 0.1) is 11.5 Å². The summed E-state index contributed by atoms with van der Waals surface area (Å²) >= 11 is 0. The van der Waals surface area contributed by atoms with E-state index in [1.54, 1.807) is 0 Å². The highest BCUT2D eigenvalue weighted by atomic mass is 19.1. The van der Waals surface area contributed by atoms with E-state index in [9.17, 15) is 23.7 Å². The van der Waals surface area contributed by atoms with Crippen LogP contribution in [-0.2, 0) is 4.74 Å². The molecule has 0 aromatic heterocycles. The lowest BCUT2D eigenvalue weighted by Gasteiger charge is -2.22. The molecular formula is C14H16F2N2O4. The fraction of sp³-hybridized carbons (Fsp3) is 0.500. The number of amides is 1. The van der Waals surface area contributed by atoms with Gasteiger partial charge in [0.25, 0.3) is 5.91 Å². The van der Waals surface area contributed by atoms with E-state index in [4.69, 9.17) is 4.74 Å². The summed E-state index contributed by atoms with van der Waals surface area (Å²) in [6.45, 7) is 2.59. The van der Waals surface area contributed by atoms with Gasteiger partial charge in [-0.2, -0.15) is 4.39 Å². The number of halogens is 2. The fourth-order valence-corrected chi connectivity index (χ4v) is 2.38. The van der Waals surface area contributed by atoms with Gasteiger partial charge >= 0.3 is 5.69 Å². The summed E-state index contributed by atoms with van der Waals surface area (Å²) in [5.41, 5.74) is -1.98. The molecule has 1 saturated heterocycles. The number of carbonyl (C=O) groups is 1. The van der Waals surface area contributed by atoms with Crippen LogP contribution in [0.2, 0.25) is 0 Å². The maximum absolute atomic E-state index is 14.0. The number of hydrogen-bond donors (Lipinski definition) is 1. The van der Waals surface area contributed by atoms with Crippen LogP contribution >= 0.6 is 0 Å². The lowest BCUT2D eigenvalue weighted by atomic mass is 10.0. The topological polar surface area (TPSA) is 81.5 Å². The molecule has 1 amide bonds. The molecule has 0 unspecified atom stereocenters. The Hall–Kier alpha value is -2.09. The van der Waals surface area contributed by atoms with Gasteiger partial charge in [-0.1, -0.05) is 0 Å². The maximum atomic E-state index is 14.0. The number of aryl methyl sites for hydroxylation is 1. The first-order valence-corrected chi connectivity index (χ1v) is 6.90. The van der Waals surface area contributed by atoms with E-state index in [-0.39, 0.29) is 18.0 Å². The minimum atomic E-state index is -1.45. The van der Waals surface area contributed by atoms with Crippen LogP contribution in [0.5, 0.6) is 0 Å². The van der Waals surface area contributed by atoms with Crippen molar-refractivity contribution in [3.8, 4) is 0 Å².